The van der Waals surface area contributed by atoms with Gasteiger partial charge in [-0.25, -0.2) is 8.78 Å². The Bertz CT molecular complexity index is 1020. The highest BCUT2D eigenvalue weighted by Gasteiger charge is 2.37. The minimum absolute atomic E-state index is 0.0642. The van der Waals surface area contributed by atoms with Crippen LogP contribution in [0.2, 0.25) is 0 Å². The molecule has 26 heavy (non-hydrogen) atoms. The van der Waals surface area contributed by atoms with Gasteiger partial charge in [0.15, 0.2) is 11.6 Å². The number of aromatic nitrogens is 1. The number of benzene rings is 1. The number of hydrazone groups is 1. The Kier molecular flexibility index (Phi) is 3.98. The number of hydrogen-bond donors (Lipinski definition) is 1. The zero-order valence-corrected chi connectivity index (χ0v) is 14.5. The van der Waals surface area contributed by atoms with E-state index >= 15 is 0 Å². The topological polar surface area (TPSA) is 48.5 Å². The molecule has 1 aromatic carbocycles. The number of aromatic amines is 1. The van der Waals surface area contributed by atoms with Crippen molar-refractivity contribution in [3.63, 3.8) is 0 Å². The predicted molar refractivity (Wildman–Crippen MR) is 97.9 cm³/mol. The van der Waals surface area contributed by atoms with Crippen LogP contribution in [0.5, 0.6) is 0 Å². The molecule has 2 aliphatic rings. The lowest BCUT2D eigenvalue weighted by molar-refractivity contribution is 0.323. The number of rotatable bonds is 3. The Balaban J connectivity index is 1.80. The fraction of sp³-hybridized carbons (Fsp3) is 0.300. The first kappa shape index (κ1) is 16.7. The monoisotopic (exact) mass is 355 g/mol. The number of allylic oxidation sites excluding steroid dienone is 2. The zero-order valence-electron chi connectivity index (χ0n) is 14.5. The summed E-state index contributed by atoms with van der Waals surface area (Å²) in [6.45, 7) is 4.17. The van der Waals surface area contributed by atoms with E-state index in [0.29, 0.717) is 17.4 Å². The first-order valence-electron chi connectivity index (χ1n) is 8.67. The summed E-state index contributed by atoms with van der Waals surface area (Å²) in [6.07, 6.45) is 8.46. The molecular weight excluding hydrogens is 336 g/mol. The lowest BCUT2D eigenvalue weighted by atomic mass is 9.83. The average Bonchev–Trinajstić information content (AvgIpc) is 2.97. The number of H-pyrrole nitrogens is 1. The number of fused-ring (bicyclic) bond motifs is 2. The normalized spacial score (nSPS) is 21.6. The van der Waals surface area contributed by atoms with Crippen LogP contribution in [0, 0.1) is 23.5 Å². The maximum absolute atomic E-state index is 14.1. The summed E-state index contributed by atoms with van der Waals surface area (Å²) < 4.78 is 27.7. The molecule has 0 spiro atoms. The molecule has 0 radical (unpaired) electrons. The van der Waals surface area contributed by atoms with Gasteiger partial charge in [0, 0.05) is 29.3 Å². The van der Waals surface area contributed by atoms with Crippen LogP contribution in [0.1, 0.15) is 19.4 Å². The Hall–Kier alpha value is -2.76. The van der Waals surface area contributed by atoms with Crippen molar-refractivity contribution in [2.45, 2.75) is 26.3 Å². The third-order valence-corrected chi connectivity index (χ3v) is 5.01. The fourth-order valence-corrected chi connectivity index (χ4v) is 3.81. The molecule has 1 N–H and O–H groups in total. The van der Waals surface area contributed by atoms with Gasteiger partial charge in [0.25, 0.3) is 0 Å². The Labute approximate surface area is 149 Å². The minimum atomic E-state index is -1.02. The first-order chi connectivity index (χ1) is 12.5. The molecule has 0 saturated carbocycles. The molecule has 2 unspecified atom stereocenters. The molecule has 0 aliphatic carbocycles. The van der Waals surface area contributed by atoms with Crippen molar-refractivity contribution in [2.75, 3.05) is 0 Å². The summed E-state index contributed by atoms with van der Waals surface area (Å²) in [5.41, 5.74) is 1.23. The summed E-state index contributed by atoms with van der Waals surface area (Å²) in [5.74, 6) is -1.68. The molecule has 6 heteroatoms. The summed E-state index contributed by atoms with van der Waals surface area (Å²) in [6, 6.07) is 4.16. The smallest absolute Gasteiger partial charge is 0.248 e. The molecule has 0 fully saturated rings. The molecule has 4 nitrogen and oxygen atoms in total. The van der Waals surface area contributed by atoms with Gasteiger partial charge in [-0.1, -0.05) is 26.0 Å². The van der Waals surface area contributed by atoms with E-state index in [9.17, 15) is 13.6 Å². The van der Waals surface area contributed by atoms with Gasteiger partial charge in [-0.05, 0) is 36.1 Å². The van der Waals surface area contributed by atoms with Crippen LogP contribution >= 0.6 is 0 Å². The largest absolute Gasteiger partial charge is 0.319 e. The van der Waals surface area contributed by atoms with Crippen molar-refractivity contribution in [1.29, 1.82) is 0 Å². The maximum atomic E-state index is 14.1. The van der Waals surface area contributed by atoms with E-state index < -0.39 is 17.2 Å². The highest BCUT2D eigenvalue weighted by atomic mass is 19.2. The number of halogens is 2. The van der Waals surface area contributed by atoms with Gasteiger partial charge >= 0.3 is 0 Å². The Morgan fingerprint density at radius 1 is 1.27 bits per heavy atom. The van der Waals surface area contributed by atoms with Crippen LogP contribution in [0.4, 0.5) is 8.78 Å². The molecule has 134 valence electrons. The first-order valence-corrected chi connectivity index (χ1v) is 8.67. The standard InChI is InChI=1S/C20H19F2N3O/c1-11(2)19-14(16-5-3-4-8-25(16)24-19)9-12-10-17(26)23-20-13(12)6-7-15(21)18(20)22/h3-8,10-11,14,16H,9H2,1-2H3,(H,23,26). The van der Waals surface area contributed by atoms with Crippen LogP contribution in [0.25, 0.3) is 10.9 Å². The van der Waals surface area contributed by atoms with Gasteiger partial charge in [0.1, 0.15) is 0 Å². The van der Waals surface area contributed by atoms with Gasteiger partial charge in [0.2, 0.25) is 5.56 Å². The van der Waals surface area contributed by atoms with E-state index in [2.05, 4.69) is 24.9 Å². The predicted octanol–water partition coefficient (Wildman–Crippen LogP) is 3.74. The summed E-state index contributed by atoms with van der Waals surface area (Å²) in [7, 11) is 0. The van der Waals surface area contributed by atoms with Crippen LogP contribution in [-0.2, 0) is 6.42 Å². The molecule has 0 saturated heterocycles. The molecule has 3 heterocycles. The summed E-state index contributed by atoms with van der Waals surface area (Å²) >= 11 is 0. The number of hydrogen-bond acceptors (Lipinski definition) is 3. The number of nitrogens with zero attached hydrogens (tertiary/aromatic N) is 2. The van der Waals surface area contributed by atoms with Crippen molar-refractivity contribution >= 4 is 16.6 Å². The van der Waals surface area contributed by atoms with E-state index in [1.807, 2.05) is 23.4 Å². The van der Waals surface area contributed by atoms with Crippen LogP contribution in [0.3, 0.4) is 0 Å². The lowest BCUT2D eigenvalue weighted by Gasteiger charge is -2.25. The van der Waals surface area contributed by atoms with E-state index in [1.54, 1.807) is 0 Å². The van der Waals surface area contributed by atoms with Gasteiger partial charge in [-0.3, -0.25) is 9.80 Å². The van der Waals surface area contributed by atoms with Gasteiger partial charge < -0.3 is 4.98 Å². The molecule has 2 aliphatic heterocycles. The molecule has 0 amide bonds. The molecule has 2 atom stereocenters. The van der Waals surface area contributed by atoms with E-state index in [0.717, 1.165) is 11.8 Å². The molecular formula is C20H19F2N3O. The van der Waals surface area contributed by atoms with Crippen molar-refractivity contribution in [3.05, 3.63) is 70.2 Å². The Morgan fingerprint density at radius 2 is 2.08 bits per heavy atom. The zero-order chi connectivity index (χ0) is 18.4. The Morgan fingerprint density at radius 3 is 2.85 bits per heavy atom. The van der Waals surface area contributed by atoms with Crippen molar-refractivity contribution < 1.29 is 8.78 Å². The molecule has 2 aromatic rings. The van der Waals surface area contributed by atoms with Crippen LogP contribution < -0.4 is 5.56 Å². The van der Waals surface area contributed by atoms with Crippen molar-refractivity contribution in [3.8, 4) is 0 Å². The SMILES string of the molecule is CC(C)C1=NN2C=CC=CC2C1Cc1cc(=O)[nH]c2c(F)c(F)ccc12. The highest BCUT2D eigenvalue weighted by molar-refractivity contribution is 5.92. The molecule has 1 aromatic heterocycles. The lowest BCUT2D eigenvalue weighted by Crippen LogP contribution is -2.32. The van der Waals surface area contributed by atoms with Crippen molar-refractivity contribution in [2.24, 2.45) is 16.9 Å². The number of pyridine rings is 1. The second kappa shape index (κ2) is 6.20. The quantitative estimate of drug-likeness (QED) is 0.912. The second-order valence-electron chi connectivity index (χ2n) is 7.03. The van der Waals surface area contributed by atoms with E-state index in [1.165, 1.54) is 12.1 Å². The average molecular weight is 355 g/mol. The van der Waals surface area contributed by atoms with Crippen LogP contribution in [0.15, 0.2) is 52.5 Å². The van der Waals surface area contributed by atoms with E-state index in [-0.39, 0.29) is 23.4 Å². The van der Waals surface area contributed by atoms with Gasteiger partial charge in [-0.15, -0.1) is 0 Å². The van der Waals surface area contributed by atoms with Crippen molar-refractivity contribution in [1.82, 2.24) is 9.99 Å². The number of nitrogens with one attached hydrogen (secondary N) is 1. The maximum Gasteiger partial charge on any atom is 0.248 e. The third-order valence-electron chi connectivity index (χ3n) is 5.01. The van der Waals surface area contributed by atoms with Gasteiger partial charge in [-0.2, -0.15) is 5.10 Å². The summed E-state index contributed by atoms with van der Waals surface area (Å²) in [5, 5.41) is 7.17. The fourth-order valence-electron chi connectivity index (χ4n) is 3.81. The third kappa shape index (κ3) is 2.66. The van der Waals surface area contributed by atoms with E-state index in [4.69, 9.17) is 5.10 Å². The second-order valence-corrected chi connectivity index (χ2v) is 7.03. The molecule has 0 bridgehead atoms. The summed E-state index contributed by atoms with van der Waals surface area (Å²) in [4.78, 5) is 14.4. The highest BCUT2D eigenvalue weighted by Crippen LogP contribution is 2.33. The molecule has 4 rings (SSSR count). The van der Waals surface area contributed by atoms with Gasteiger partial charge in [0.05, 0.1) is 11.6 Å². The minimum Gasteiger partial charge on any atom is -0.319 e. The van der Waals surface area contributed by atoms with Crippen LogP contribution in [-0.4, -0.2) is 21.7 Å².